The van der Waals surface area contributed by atoms with Crippen LogP contribution in [0, 0.1) is 0 Å². The lowest BCUT2D eigenvalue weighted by Gasteiger charge is -2.24. The van der Waals surface area contributed by atoms with Gasteiger partial charge < -0.3 is 9.47 Å². The molecular formula is C35H36N4O4. The largest absolute Gasteiger partial charge is 0.464 e. The fraction of sp³-hybridized carbons (Fsp3) is 0.200. The molecule has 0 N–H and O–H groups in total. The second kappa shape index (κ2) is 16.3. The Morgan fingerprint density at radius 1 is 0.535 bits per heavy atom. The highest BCUT2D eigenvalue weighted by Gasteiger charge is 2.19. The standard InChI is InChI=1S/C35H36N4O4/c1-42-34(40)32(30-20-11-5-12-21-30)36-38(26-28-16-7-3-8-17-28)24-15-25-39(27-29-18-9-4-10-19-29)37-33(35(41)43-2)31-22-13-6-14-23-31/h3-14,16-23H,15,24-27H2,1-2H3/b36-32-,37-33-. The SMILES string of the molecule is COC(=O)/C(=N\N(CCCN(Cc1ccccc1)/N=C(\C(=O)OC)c1ccccc1)Cc1ccccc1)c1ccccc1. The molecule has 0 unspecified atom stereocenters. The molecule has 0 amide bonds. The molecule has 0 atom stereocenters. The first kappa shape index (κ1) is 30.7. The molecule has 0 heterocycles. The lowest BCUT2D eigenvalue weighted by Crippen LogP contribution is -2.29. The minimum Gasteiger partial charge on any atom is -0.464 e. The summed E-state index contributed by atoms with van der Waals surface area (Å²) in [6, 6.07) is 38.5. The van der Waals surface area contributed by atoms with Crippen molar-refractivity contribution in [2.45, 2.75) is 19.5 Å². The number of methoxy groups -OCH3 is 2. The van der Waals surface area contributed by atoms with E-state index in [1.807, 2.05) is 131 Å². The Morgan fingerprint density at radius 2 is 0.860 bits per heavy atom. The molecule has 4 rings (SSSR count). The summed E-state index contributed by atoms with van der Waals surface area (Å²) >= 11 is 0. The maximum atomic E-state index is 12.8. The first-order chi connectivity index (χ1) is 21.1. The number of nitrogens with zero attached hydrogens (tertiary/aromatic N) is 4. The molecule has 8 heteroatoms. The predicted molar refractivity (Wildman–Crippen MR) is 168 cm³/mol. The number of hydrogen-bond donors (Lipinski definition) is 0. The minimum absolute atomic E-state index is 0.232. The average molecular weight is 577 g/mol. The van der Waals surface area contributed by atoms with Crippen LogP contribution < -0.4 is 0 Å². The van der Waals surface area contributed by atoms with Crippen molar-refractivity contribution >= 4 is 23.4 Å². The number of rotatable bonds is 14. The van der Waals surface area contributed by atoms with Crippen molar-refractivity contribution in [2.24, 2.45) is 10.2 Å². The van der Waals surface area contributed by atoms with Gasteiger partial charge in [0.1, 0.15) is 0 Å². The highest BCUT2D eigenvalue weighted by Crippen LogP contribution is 2.13. The van der Waals surface area contributed by atoms with Crippen molar-refractivity contribution in [2.75, 3.05) is 27.3 Å². The quantitative estimate of drug-likeness (QED) is 0.111. The van der Waals surface area contributed by atoms with Crippen LogP contribution in [0.15, 0.2) is 132 Å². The summed E-state index contributed by atoms with van der Waals surface area (Å²) in [5.41, 5.74) is 3.92. The molecule has 0 fully saturated rings. The van der Waals surface area contributed by atoms with Crippen LogP contribution in [0.5, 0.6) is 0 Å². The van der Waals surface area contributed by atoms with Crippen LogP contribution in [0.25, 0.3) is 0 Å². The van der Waals surface area contributed by atoms with E-state index in [-0.39, 0.29) is 11.4 Å². The highest BCUT2D eigenvalue weighted by atomic mass is 16.5. The molecule has 0 bridgehead atoms. The average Bonchev–Trinajstić information content (AvgIpc) is 3.06. The van der Waals surface area contributed by atoms with Crippen LogP contribution in [0.3, 0.4) is 0 Å². The van der Waals surface area contributed by atoms with Crippen LogP contribution in [0.1, 0.15) is 28.7 Å². The zero-order chi connectivity index (χ0) is 30.3. The highest BCUT2D eigenvalue weighted by molar-refractivity contribution is 6.43. The summed E-state index contributed by atoms with van der Waals surface area (Å²) in [6.45, 7) is 2.02. The van der Waals surface area contributed by atoms with Gasteiger partial charge >= 0.3 is 11.9 Å². The van der Waals surface area contributed by atoms with E-state index >= 15 is 0 Å². The Bertz CT molecular complexity index is 1380. The normalized spacial score (nSPS) is 11.5. The second-order valence-corrected chi connectivity index (χ2v) is 9.71. The molecule has 0 aliphatic heterocycles. The molecule has 4 aromatic carbocycles. The van der Waals surface area contributed by atoms with Crippen molar-refractivity contribution < 1.29 is 19.1 Å². The number of esters is 2. The number of ether oxygens (including phenoxy) is 2. The lowest BCUT2D eigenvalue weighted by molar-refractivity contribution is -0.133. The van der Waals surface area contributed by atoms with E-state index in [1.54, 1.807) is 0 Å². The predicted octanol–water partition coefficient (Wildman–Crippen LogP) is 5.54. The van der Waals surface area contributed by atoms with Gasteiger partial charge in [0.05, 0.1) is 27.3 Å². The second-order valence-electron chi connectivity index (χ2n) is 9.71. The van der Waals surface area contributed by atoms with Crippen LogP contribution in [-0.4, -0.2) is 60.7 Å². The van der Waals surface area contributed by atoms with Gasteiger partial charge in [-0.05, 0) is 17.5 Å². The topological polar surface area (TPSA) is 83.8 Å². The first-order valence-electron chi connectivity index (χ1n) is 14.1. The minimum atomic E-state index is -0.509. The van der Waals surface area contributed by atoms with Crippen LogP contribution in [0.2, 0.25) is 0 Å². The number of carbonyl (C=O) groups excluding carboxylic acids is 2. The Hall–Kier alpha value is -5.24. The number of hydrogen-bond acceptors (Lipinski definition) is 8. The van der Waals surface area contributed by atoms with Crippen molar-refractivity contribution in [1.29, 1.82) is 0 Å². The van der Waals surface area contributed by atoms with Gasteiger partial charge in [-0.3, -0.25) is 10.0 Å². The van der Waals surface area contributed by atoms with Gasteiger partial charge in [0, 0.05) is 24.2 Å². The lowest BCUT2D eigenvalue weighted by atomic mass is 10.1. The molecule has 4 aromatic rings. The molecular weight excluding hydrogens is 540 g/mol. The molecule has 220 valence electrons. The molecule has 0 aliphatic rings. The van der Waals surface area contributed by atoms with Crippen LogP contribution in [0.4, 0.5) is 0 Å². The van der Waals surface area contributed by atoms with Crippen molar-refractivity contribution in [3.05, 3.63) is 144 Å². The van der Waals surface area contributed by atoms with E-state index in [4.69, 9.17) is 19.7 Å². The Kier molecular flexibility index (Phi) is 11.6. The third-order valence-corrected chi connectivity index (χ3v) is 6.58. The van der Waals surface area contributed by atoms with E-state index in [9.17, 15) is 9.59 Å². The maximum Gasteiger partial charge on any atom is 0.359 e. The van der Waals surface area contributed by atoms with Gasteiger partial charge in [0.25, 0.3) is 0 Å². The molecule has 0 aliphatic carbocycles. The smallest absolute Gasteiger partial charge is 0.359 e. The van der Waals surface area contributed by atoms with E-state index < -0.39 is 11.9 Å². The molecule has 0 spiro atoms. The maximum absolute atomic E-state index is 12.8. The van der Waals surface area contributed by atoms with E-state index in [0.717, 1.165) is 11.1 Å². The summed E-state index contributed by atoms with van der Waals surface area (Å²) in [4.78, 5) is 25.6. The van der Waals surface area contributed by atoms with Crippen molar-refractivity contribution in [3.63, 3.8) is 0 Å². The van der Waals surface area contributed by atoms with Gasteiger partial charge in [0.15, 0.2) is 11.4 Å². The van der Waals surface area contributed by atoms with E-state index in [1.165, 1.54) is 14.2 Å². The van der Waals surface area contributed by atoms with Gasteiger partial charge in [0.2, 0.25) is 0 Å². The van der Waals surface area contributed by atoms with E-state index in [2.05, 4.69) is 0 Å². The third-order valence-electron chi connectivity index (χ3n) is 6.58. The van der Waals surface area contributed by atoms with Gasteiger partial charge in [-0.25, -0.2) is 9.59 Å². The Balaban J connectivity index is 1.62. The van der Waals surface area contributed by atoms with Crippen molar-refractivity contribution in [3.8, 4) is 0 Å². The summed E-state index contributed by atoms with van der Waals surface area (Å²) in [5, 5.41) is 13.3. The van der Waals surface area contributed by atoms with Crippen LogP contribution in [-0.2, 0) is 32.2 Å². The van der Waals surface area contributed by atoms with Gasteiger partial charge in [-0.15, -0.1) is 0 Å². The van der Waals surface area contributed by atoms with E-state index in [0.29, 0.717) is 43.7 Å². The zero-order valence-electron chi connectivity index (χ0n) is 24.5. The molecule has 0 saturated carbocycles. The molecule has 0 radical (unpaired) electrons. The first-order valence-corrected chi connectivity index (χ1v) is 14.1. The van der Waals surface area contributed by atoms with Crippen molar-refractivity contribution in [1.82, 2.24) is 10.0 Å². The van der Waals surface area contributed by atoms with Crippen LogP contribution >= 0.6 is 0 Å². The van der Waals surface area contributed by atoms with Gasteiger partial charge in [-0.1, -0.05) is 121 Å². The Morgan fingerprint density at radius 3 is 1.19 bits per heavy atom. The fourth-order valence-electron chi connectivity index (χ4n) is 4.45. The third kappa shape index (κ3) is 9.39. The summed E-state index contributed by atoms with van der Waals surface area (Å²) in [6.07, 6.45) is 0.638. The monoisotopic (exact) mass is 576 g/mol. The molecule has 43 heavy (non-hydrogen) atoms. The summed E-state index contributed by atoms with van der Waals surface area (Å²) in [7, 11) is 2.71. The summed E-state index contributed by atoms with van der Waals surface area (Å²) < 4.78 is 10.2. The summed E-state index contributed by atoms with van der Waals surface area (Å²) in [5.74, 6) is -1.02. The Labute approximate surface area is 252 Å². The number of hydrazone groups is 2. The zero-order valence-corrected chi connectivity index (χ0v) is 24.5. The number of carbonyl (C=O) groups is 2. The molecule has 8 nitrogen and oxygen atoms in total. The fourth-order valence-corrected chi connectivity index (χ4v) is 4.45. The molecule has 0 saturated heterocycles. The number of benzene rings is 4. The molecule has 0 aromatic heterocycles. The van der Waals surface area contributed by atoms with Gasteiger partial charge in [-0.2, -0.15) is 10.2 Å².